The van der Waals surface area contributed by atoms with Gasteiger partial charge in [-0.25, -0.2) is 14.8 Å². The molecule has 9 nitrogen and oxygen atoms in total. The fraction of sp³-hybridized carbons (Fsp3) is 0.533. The largest absolute Gasteiger partial charge is 0.353 e. The molecule has 0 saturated carbocycles. The molecule has 1 aliphatic heterocycles. The number of nitrogens with zero attached hydrogens (tertiary/aromatic N) is 5. The van der Waals surface area contributed by atoms with Crippen LogP contribution in [0.25, 0.3) is 11.2 Å². The fourth-order valence-corrected chi connectivity index (χ4v) is 3.22. The molecule has 9 heteroatoms. The molecule has 3 heterocycles. The molecule has 0 radical (unpaired) electrons. The molecule has 2 N–H and O–H groups in total. The maximum Gasteiger partial charge on any atom is 0.325 e. The molecule has 3 rings (SSSR count). The number of carbonyl (C=O) groups excluding carboxylic acids is 1. The predicted octanol–water partition coefficient (Wildman–Crippen LogP) is 0.233. The number of amides is 1. The van der Waals surface area contributed by atoms with E-state index >= 15 is 0 Å². The zero-order valence-electron chi connectivity index (χ0n) is 13.6. The lowest BCUT2D eigenvalue weighted by Crippen LogP contribution is -2.52. The topological polar surface area (TPSA) is 122 Å². The lowest BCUT2D eigenvalue weighted by atomic mass is 9.92. The van der Waals surface area contributed by atoms with Gasteiger partial charge in [-0.15, -0.1) is 0 Å². The highest BCUT2D eigenvalue weighted by molar-refractivity contribution is 5.83. The molecule has 0 spiro atoms. The van der Waals surface area contributed by atoms with Crippen LogP contribution in [0.4, 0.5) is 5.82 Å². The second kappa shape index (κ2) is 6.31. The van der Waals surface area contributed by atoms with E-state index < -0.39 is 0 Å². The normalized spacial score (nSPS) is 20.8. The van der Waals surface area contributed by atoms with Crippen LogP contribution < -0.4 is 10.6 Å². The number of imidazole rings is 1. The van der Waals surface area contributed by atoms with E-state index in [1.54, 1.807) is 4.90 Å². The monoisotopic (exact) mass is 329 g/mol. The van der Waals surface area contributed by atoms with E-state index in [1.165, 1.54) is 6.33 Å². The maximum atomic E-state index is 12.0. The predicted molar refractivity (Wildman–Crippen MR) is 87.3 cm³/mol. The number of H-pyrrole nitrogens is 2. The summed E-state index contributed by atoms with van der Waals surface area (Å²) in [7, 11) is 1.90. The third kappa shape index (κ3) is 2.82. The summed E-state index contributed by atoms with van der Waals surface area (Å²) in [6, 6.07) is 1.95. The summed E-state index contributed by atoms with van der Waals surface area (Å²) >= 11 is 0. The van der Waals surface area contributed by atoms with Gasteiger partial charge in [-0.2, -0.15) is 5.26 Å². The number of likely N-dealkylation sites (tertiary alicyclic amines) is 1. The highest BCUT2D eigenvalue weighted by Crippen LogP contribution is 2.27. The molecule has 126 valence electrons. The Morgan fingerprint density at radius 3 is 3.04 bits per heavy atom. The smallest absolute Gasteiger partial charge is 0.325 e. The maximum absolute atomic E-state index is 12.0. The molecule has 0 aromatic carbocycles. The lowest BCUT2D eigenvalue weighted by molar-refractivity contribution is -0.131. The van der Waals surface area contributed by atoms with Crippen LogP contribution in [0.2, 0.25) is 0 Å². The van der Waals surface area contributed by atoms with E-state index in [0.29, 0.717) is 36.0 Å². The van der Waals surface area contributed by atoms with E-state index in [2.05, 4.69) is 26.9 Å². The van der Waals surface area contributed by atoms with Gasteiger partial charge in [0.1, 0.15) is 18.3 Å². The number of hydrogen-bond acceptors (Lipinski definition) is 6. The van der Waals surface area contributed by atoms with E-state index in [0.717, 1.165) is 6.42 Å². The third-order valence-electron chi connectivity index (χ3n) is 4.63. The molecule has 24 heavy (non-hydrogen) atoms. The number of anilines is 1. The zero-order valence-corrected chi connectivity index (χ0v) is 13.6. The van der Waals surface area contributed by atoms with Gasteiger partial charge in [0.15, 0.2) is 11.5 Å². The summed E-state index contributed by atoms with van der Waals surface area (Å²) in [6.07, 6.45) is 2.15. The van der Waals surface area contributed by atoms with Crippen molar-refractivity contribution >= 4 is 22.9 Å². The Balaban J connectivity index is 1.89. The van der Waals surface area contributed by atoms with Crippen molar-refractivity contribution in [2.75, 3.05) is 25.0 Å². The van der Waals surface area contributed by atoms with Crippen molar-refractivity contribution in [1.82, 2.24) is 24.8 Å². The molecular weight excluding hydrogens is 310 g/mol. The quantitative estimate of drug-likeness (QED) is 0.831. The van der Waals surface area contributed by atoms with Crippen molar-refractivity contribution in [2.45, 2.75) is 25.8 Å². The van der Waals surface area contributed by atoms with Gasteiger partial charge in [0.05, 0.1) is 12.1 Å². The number of piperidine rings is 1. The van der Waals surface area contributed by atoms with Crippen LogP contribution in [0.15, 0.2) is 11.1 Å². The molecule has 1 saturated heterocycles. The summed E-state index contributed by atoms with van der Waals surface area (Å²) < 4.78 is 0. The standard InChI is InChI=1S/C15H19N7O2/c1-9-4-6-22(11(23)3-5-16)7-10(9)21(2)14-12-13(17-8-18-14)20-15(24)19-12/h8-10H,3-4,6-7H2,1-2H3,(H2,17,18,19,20,24)/t9-,10+/m1/s1. The zero-order chi connectivity index (χ0) is 17.3. The summed E-state index contributed by atoms with van der Waals surface area (Å²) in [4.78, 5) is 41.0. The minimum Gasteiger partial charge on any atom is -0.353 e. The molecule has 0 aliphatic carbocycles. The van der Waals surface area contributed by atoms with E-state index in [4.69, 9.17) is 5.26 Å². The number of carbonyl (C=O) groups is 1. The first-order valence-electron chi connectivity index (χ1n) is 7.81. The molecule has 2 aromatic rings. The van der Waals surface area contributed by atoms with Gasteiger partial charge in [-0.05, 0) is 12.3 Å². The number of hydrogen-bond donors (Lipinski definition) is 2. The molecule has 2 atom stereocenters. The molecule has 1 amide bonds. The summed E-state index contributed by atoms with van der Waals surface area (Å²) in [5, 5.41) is 8.73. The number of likely N-dealkylation sites (N-methyl/N-ethyl adjacent to an activating group) is 1. The van der Waals surface area contributed by atoms with Gasteiger partial charge in [-0.1, -0.05) is 6.92 Å². The minimum atomic E-state index is -0.331. The van der Waals surface area contributed by atoms with Crippen molar-refractivity contribution in [1.29, 1.82) is 5.26 Å². The highest BCUT2D eigenvalue weighted by atomic mass is 16.2. The Kier molecular flexibility index (Phi) is 4.20. The first kappa shape index (κ1) is 16.0. The van der Waals surface area contributed by atoms with Crippen LogP contribution >= 0.6 is 0 Å². The number of aromatic amines is 2. The summed E-state index contributed by atoms with van der Waals surface area (Å²) in [6.45, 7) is 3.32. The molecule has 1 aliphatic rings. The lowest BCUT2D eigenvalue weighted by Gasteiger charge is -2.42. The van der Waals surface area contributed by atoms with E-state index in [1.807, 2.05) is 18.0 Å². The first-order chi connectivity index (χ1) is 11.5. The average molecular weight is 329 g/mol. The van der Waals surface area contributed by atoms with E-state index in [9.17, 15) is 9.59 Å². The molecule has 0 bridgehead atoms. The van der Waals surface area contributed by atoms with Crippen molar-refractivity contribution < 1.29 is 4.79 Å². The van der Waals surface area contributed by atoms with Crippen LogP contribution in [-0.4, -0.2) is 56.9 Å². The van der Waals surface area contributed by atoms with Crippen LogP contribution in [0.5, 0.6) is 0 Å². The Morgan fingerprint density at radius 1 is 1.50 bits per heavy atom. The average Bonchev–Trinajstić information content (AvgIpc) is 2.95. The third-order valence-corrected chi connectivity index (χ3v) is 4.63. The second-order valence-electron chi connectivity index (χ2n) is 6.12. The van der Waals surface area contributed by atoms with Crippen LogP contribution in [0.1, 0.15) is 19.8 Å². The molecule has 1 fully saturated rings. The Hall–Kier alpha value is -2.89. The number of nitrogens with one attached hydrogen (secondary N) is 2. The highest BCUT2D eigenvalue weighted by Gasteiger charge is 2.32. The number of fused-ring (bicyclic) bond motifs is 1. The van der Waals surface area contributed by atoms with Gasteiger partial charge >= 0.3 is 5.69 Å². The molecule has 0 unspecified atom stereocenters. The van der Waals surface area contributed by atoms with Crippen LogP contribution in [-0.2, 0) is 4.79 Å². The minimum absolute atomic E-state index is 0.0397. The van der Waals surface area contributed by atoms with Gasteiger partial charge < -0.3 is 14.8 Å². The molecular formula is C15H19N7O2. The van der Waals surface area contributed by atoms with Gasteiger partial charge in [0.25, 0.3) is 0 Å². The Bertz CT molecular complexity index is 849. The molecule has 2 aromatic heterocycles. The summed E-state index contributed by atoms with van der Waals surface area (Å²) in [5.41, 5.74) is 0.679. The Labute approximate surface area is 138 Å². The Morgan fingerprint density at radius 2 is 2.29 bits per heavy atom. The first-order valence-corrected chi connectivity index (χ1v) is 7.81. The van der Waals surface area contributed by atoms with Crippen molar-refractivity contribution in [3.8, 4) is 6.07 Å². The van der Waals surface area contributed by atoms with Gasteiger partial charge in [0.2, 0.25) is 5.91 Å². The van der Waals surface area contributed by atoms with E-state index in [-0.39, 0.29) is 24.1 Å². The number of rotatable bonds is 3. The van der Waals surface area contributed by atoms with Crippen LogP contribution in [0.3, 0.4) is 0 Å². The fourth-order valence-electron chi connectivity index (χ4n) is 3.22. The van der Waals surface area contributed by atoms with Gasteiger partial charge in [-0.3, -0.25) is 9.78 Å². The second-order valence-corrected chi connectivity index (χ2v) is 6.12. The van der Waals surface area contributed by atoms with Crippen molar-refractivity contribution in [3.05, 3.63) is 16.8 Å². The SMILES string of the molecule is C[C@@H]1CCN(C(=O)CC#N)C[C@@H]1N(C)c1ncnc2[nH]c(=O)[nH]c12. The van der Waals surface area contributed by atoms with Gasteiger partial charge in [0, 0.05) is 20.1 Å². The number of nitriles is 1. The van der Waals surface area contributed by atoms with Crippen molar-refractivity contribution in [2.24, 2.45) is 5.92 Å². The van der Waals surface area contributed by atoms with Crippen molar-refractivity contribution in [3.63, 3.8) is 0 Å². The number of aromatic nitrogens is 4. The van der Waals surface area contributed by atoms with Crippen LogP contribution in [0, 0.1) is 17.2 Å². The summed E-state index contributed by atoms with van der Waals surface area (Å²) in [5.74, 6) is 0.812.